The van der Waals surface area contributed by atoms with Crippen LogP contribution in [0.2, 0.25) is 0 Å². The molecule has 0 aliphatic carbocycles. The van der Waals surface area contributed by atoms with Crippen molar-refractivity contribution in [1.29, 1.82) is 0 Å². The van der Waals surface area contributed by atoms with E-state index < -0.39 is 0 Å². The van der Waals surface area contributed by atoms with Gasteiger partial charge in [0.15, 0.2) is 5.78 Å². The summed E-state index contributed by atoms with van der Waals surface area (Å²) >= 11 is 0. The van der Waals surface area contributed by atoms with Crippen molar-refractivity contribution in [2.75, 3.05) is 5.43 Å². The minimum Gasteiger partial charge on any atom is -0.323 e. The minimum atomic E-state index is -0.180. The summed E-state index contributed by atoms with van der Waals surface area (Å²) in [6, 6.07) is 5.92. The molecule has 0 aliphatic heterocycles. The number of ketones is 1. The number of hydrogen-bond donors (Lipinski definition) is 2. The molecule has 3 N–H and O–H groups in total. The fraction of sp³-hybridized carbons (Fsp3) is 0.308. The van der Waals surface area contributed by atoms with Gasteiger partial charge in [0.05, 0.1) is 11.4 Å². The number of para-hydroxylation sites is 1. The van der Waals surface area contributed by atoms with Crippen LogP contribution in [0.5, 0.6) is 0 Å². The molecule has 0 unspecified atom stereocenters. The van der Waals surface area contributed by atoms with E-state index in [9.17, 15) is 4.79 Å². The van der Waals surface area contributed by atoms with Crippen LogP contribution in [-0.2, 0) is 4.79 Å². The van der Waals surface area contributed by atoms with Crippen LogP contribution < -0.4 is 11.3 Å². The lowest BCUT2D eigenvalue weighted by Gasteiger charge is -2.09. The molecule has 96 valence electrons. The van der Waals surface area contributed by atoms with E-state index in [1.54, 1.807) is 6.92 Å². The summed E-state index contributed by atoms with van der Waals surface area (Å²) in [7, 11) is 0. The fourth-order valence-electron chi connectivity index (χ4n) is 1.58. The maximum atomic E-state index is 11.4. The molecule has 0 heterocycles. The number of Topliss-reactive ketones (excluding diaryl/α,β-unsaturated/α-hetero) is 1. The standard InChI is InChI=1S/C13H18N4O/c1-8-6-5-7-9(2)12(8)16-17-13(11(4)18)10(3)15-14/h5-7,16H,14H2,1-4H3/b15-10-,17-13+. The van der Waals surface area contributed by atoms with Gasteiger partial charge < -0.3 is 5.84 Å². The van der Waals surface area contributed by atoms with Crippen molar-refractivity contribution < 1.29 is 4.79 Å². The Hall–Kier alpha value is -2.17. The quantitative estimate of drug-likeness (QED) is 0.484. The number of carbonyl (C=O) groups excluding carboxylic acids is 1. The largest absolute Gasteiger partial charge is 0.323 e. The Morgan fingerprint density at radius 3 is 2.22 bits per heavy atom. The van der Waals surface area contributed by atoms with Gasteiger partial charge in [-0.05, 0) is 31.9 Å². The summed E-state index contributed by atoms with van der Waals surface area (Å²) in [5.41, 5.74) is 6.56. The first-order valence-corrected chi connectivity index (χ1v) is 5.63. The summed E-state index contributed by atoms with van der Waals surface area (Å²) in [6.07, 6.45) is 0. The van der Waals surface area contributed by atoms with Gasteiger partial charge in [-0.3, -0.25) is 10.2 Å². The Kier molecular flexibility index (Phi) is 4.59. The van der Waals surface area contributed by atoms with Crippen LogP contribution in [0.25, 0.3) is 0 Å². The number of nitrogens with one attached hydrogen (secondary N) is 1. The minimum absolute atomic E-state index is 0.180. The smallest absolute Gasteiger partial charge is 0.181 e. The lowest BCUT2D eigenvalue weighted by molar-refractivity contribution is -0.110. The van der Waals surface area contributed by atoms with Crippen molar-refractivity contribution in [2.24, 2.45) is 16.0 Å². The van der Waals surface area contributed by atoms with Crippen molar-refractivity contribution in [1.82, 2.24) is 0 Å². The molecule has 0 radical (unpaired) electrons. The number of anilines is 1. The molecule has 5 nitrogen and oxygen atoms in total. The zero-order valence-electron chi connectivity index (χ0n) is 11.1. The van der Waals surface area contributed by atoms with Gasteiger partial charge in [0.1, 0.15) is 5.71 Å². The predicted molar refractivity (Wildman–Crippen MR) is 75.0 cm³/mol. The molecule has 1 rings (SSSR count). The Labute approximate surface area is 107 Å². The molecule has 0 atom stereocenters. The fourth-order valence-corrected chi connectivity index (χ4v) is 1.58. The van der Waals surface area contributed by atoms with Gasteiger partial charge in [0.25, 0.3) is 0 Å². The molecule has 1 aromatic rings. The van der Waals surface area contributed by atoms with E-state index in [1.807, 2.05) is 32.0 Å². The third-order valence-corrected chi connectivity index (χ3v) is 2.63. The molecule has 5 heteroatoms. The van der Waals surface area contributed by atoms with Crippen LogP contribution >= 0.6 is 0 Å². The average molecular weight is 246 g/mol. The Morgan fingerprint density at radius 2 is 1.78 bits per heavy atom. The molecule has 0 amide bonds. The number of hydrogen-bond acceptors (Lipinski definition) is 5. The summed E-state index contributed by atoms with van der Waals surface area (Å²) in [4.78, 5) is 11.4. The maximum Gasteiger partial charge on any atom is 0.181 e. The van der Waals surface area contributed by atoms with Crippen LogP contribution in [-0.4, -0.2) is 17.2 Å². The number of benzene rings is 1. The molecule has 0 spiro atoms. The molecule has 0 aromatic heterocycles. The van der Waals surface area contributed by atoms with E-state index in [0.29, 0.717) is 5.71 Å². The van der Waals surface area contributed by atoms with Crippen LogP contribution in [0.4, 0.5) is 5.69 Å². The van der Waals surface area contributed by atoms with Gasteiger partial charge in [-0.25, -0.2) is 0 Å². The van der Waals surface area contributed by atoms with Gasteiger partial charge in [-0.2, -0.15) is 10.2 Å². The monoisotopic (exact) mass is 246 g/mol. The van der Waals surface area contributed by atoms with E-state index in [4.69, 9.17) is 5.84 Å². The number of aryl methyl sites for hydroxylation is 2. The highest BCUT2D eigenvalue weighted by Gasteiger charge is 2.10. The van der Waals surface area contributed by atoms with Crippen molar-refractivity contribution in [3.05, 3.63) is 29.3 Å². The van der Waals surface area contributed by atoms with Crippen LogP contribution in [0.3, 0.4) is 0 Å². The van der Waals surface area contributed by atoms with E-state index in [1.165, 1.54) is 6.92 Å². The molecule has 0 fully saturated rings. The van der Waals surface area contributed by atoms with Crippen molar-refractivity contribution >= 4 is 22.9 Å². The molecule has 0 saturated carbocycles. The number of hydrazone groups is 2. The van der Waals surface area contributed by atoms with E-state index in [0.717, 1.165) is 16.8 Å². The second kappa shape index (κ2) is 5.95. The van der Waals surface area contributed by atoms with Gasteiger partial charge in [-0.15, -0.1) is 0 Å². The number of rotatable bonds is 4. The van der Waals surface area contributed by atoms with Crippen molar-refractivity contribution in [3.63, 3.8) is 0 Å². The van der Waals surface area contributed by atoms with Crippen molar-refractivity contribution in [3.8, 4) is 0 Å². The second-order valence-electron chi connectivity index (χ2n) is 4.11. The first-order valence-electron chi connectivity index (χ1n) is 5.63. The van der Waals surface area contributed by atoms with Crippen LogP contribution in [0.15, 0.2) is 28.4 Å². The molecular weight excluding hydrogens is 228 g/mol. The SMILES string of the molecule is CC(=O)C(=N/Nc1c(C)cccc1C)/C(C)=N\N. The van der Waals surface area contributed by atoms with E-state index >= 15 is 0 Å². The highest BCUT2D eigenvalue weighted by molar-refractivity contribution is 6.66. The van der Waals surface area contributed by atoms with E-state index in [2.05, 4.69) is 15.6 Å². The topological polar surface area (TPSA) is 79.8 Å². The zero-order chi connectivity index (χ0) is 13.7. The lowest BCUT2D eigenvalue weighted by atomic mass is 10.1. The van der Waals surface area contributed by atoms with Crippen LogP contribution in [0, 0.1) is 13.8 Å². The zero-order valence-corrected chi connectivity index (χ0v) is 11.1. The molecule has 0 aliphatic rings. The highest BCUT2D eigenvalue weighted by atomic mass is 16.1. The van der Waals surface area contributed by atoms with Crippen LogP contribution in [0.1, 0.15) is 25.0 Å². The first kappa shape index (κ1) is 13.9. The van der Waals surface area contributed by atoms with Crippen molar-refractivity contribution in [2.45, 2.75) is 27.7 Å². The maximum absolute atomic E-state index is 11.4. The number of nitrogens with two attached hydrogens (primary N) is 1. The third-order valence-electron chi connectivity index (χ3n) is 2.63. The average Bonchev–Trinajstić information content (AvgIpc) is 2.31. The first-order chi connectivity index (χ1) is 8.47. The number of carbonyl (C=O) groups is 1. The summed E-state index contributed by atoms with van der Waals surface area (Å²) < 4.78 is 0. The highest BCUT2D eigenvalue weighted by Crippen LogP contribution is 2.19. The van der Waals surface area contributed by atoms with Gasteiger partial charge in [-0.1, -0.05) is 18.2 Å². The molecule has 0 saturated heterocycles. The summed E-state index contributed by atoms with van der Waals surface area (Å²) in [6.45, 7) is 7.02. The van der Waals surface area contributed by atoms with Gasteiger partial charge >= 0.3 is 0 Å². The Balaban J connectivity index is 3.07. The molecule has 0 bridgehead atoms. The Morgan fingerprint density at radius 1 is 1.22 bits per heavy atom. The van der Waals surface area contributed by atoms with Gasteiger partial charge in [0, 0.05) is 6.92 Å². The third kappa shape index (κ3) is 3.16. The predicted octanol–water partition coefficient (Wildman–Crippen LogP) is 1.99. The molecule has 1 aromatic carbocycles. The Bertz CT molecular complexity index is 497. The summed E-state index contributed by atoms with van der Waals surface area (Å²) in [5.74, 6) is 4.99. The number of nitrogens with zero attached hydrogens (tertiary/aromatic N) is 2. The lowest BCUT2D eigenvalue weighted by Crippen LogP contribution is -2.22. The van der Waals surface area contributed by atoms with E-state index in [-0.39, 0.29) is 11.5 Å². The second-order valence-corrected chi connectivity index (χ2v) is 4.11. The normalized spacial score (nSPS) is 12.4. The molecule has 18 heavy (non-hydrogen) atoms. The van der Waals surface area contributed by atoms with Gasteiger partial charge in [0.2, 0.25) is 0 Å². The molecular formula is C13H18N4O. The summed E-state index contributed by atoms with van der Waals surface area (Å²) in [5, 5.41) is 7.58.